The summed E-state index contributed by atoms with van der Waals surface area (Å²) in [7, 11) is 0. The number of phenols is 1. The first kappa shape index (κ1) is 23.5. The fraction of sp³-hybridized carbons (Fsp3) is 0.136. The summed E-state index contributed by atoms with van der Waals surface area (Å²) in [5.74, 6) is -0.999. The Morgan fingerprint density at radius 2 is 1.91 bits per heavy atom. The molecular weight excluding hydrogens is 463 g/mol. The monoisotopic (exact) mass is 479 g/mol. The van der Waals surface area contributed by atoms with Crippen molar-refractivity contribution in [2.45, 2.75) is 20.0 Å². The second kappa shape index (κ2) is 9.54. The zero-order valence-corrected chi connectivity index (χ0v) is 18.4. The number of aromatic hydroxyl groups is 1. The highest BCUT2D eigenvalue weighted by Gasteiger charge is 2.30. The van der Waals surface area contributed by atoms with E-state index in [0.29, 0.717) is 16.6 Å². The lowest BCUT2D eigenvalue weighted by molar-refractivity contribution is -0.137. The Morgan fingerprint density at radius 3 is 2.56 bits per heavy atom. The fourth-order valence-corrected chi connectivity index (χ4v) is 3.95. The van der Waals surface area contributed by atoms with Crippen LogP contribution in [0.2, 0.25) is 5.02 Å². The number of benzene rings is 2. The van der Waals surface area contributed by atoms with Gasteiger partial charge in [-0.05, 0) is 36.4 Å². The molecule has 2 N–H and O–H groups in total. The number of nitrogens with zero attached hydrogens (tertiary/aromatic N) is 2. The molecule has 1 amide bonds. The van der Waals surface area contributed by atoms with E-state index in [1.807, 2.05) is 13.8 Å². The molecule has 0 radical (unpaired) electrons. The van der Waals surface area contributed by atoms with Crippen molar-refractivity contribution in [1.29, 1.82) is 0 Å². The number of rotatable bonds is 3. The van der Waals surface area contributed by atoms with Gasteiger partial charge in [-0.2, -0.15) is 13.2 Å². The van der Waals surface area contributed by atoms with Crippen molar-refractivity contribution in [2.24, 2.45) is 0 Å². The van der Waals surface area contributed by atoms with Gasteiger partial charge in [0.1, 0.15) is 5.75 Å². The minimum atomic E-state index is -4.48. The van der Waals surface area contributed by atoms with Crippen molar-refractivity contribution in [2.75, 3.05) is 5.32 Å². The van der Waals surface area contributed by atoms with Gasteiger partial charge in [0.25, 0.3) is 5.91 Å². The molecule has 10 heteroatoms. The van der Waals surface area contributed by atoms with Crippen LogP contribution in [0.15, 0.2) is 54.9 Å². The first-order valence-electron chi connectivity index (χ1n) is 9.44. The van der Waals surface area contributed by atoms with E-state index in [4.69, 9.17) is 11.6 Å². The Bertz CT molecular complexity index is 1260. The standard InChI is InChI=1S/C20H11ClF3N3O2S.C2H6/c21-12-7-13(10-2-1-5-25-9-10)17(28)14(8-12)18(29)27-19-26-15-4-3-11(20(22,23)24)6-16(15)30-19;1-2/h1-9,28H,(H,26,27,29);1-2H3. The fourth-order valence-electron chi connectivity index (χ4n) is 2.83. The van der Waals surface area contributed by atoms with Crippen LogP contribution in [0, 0.1) is 0 Å². The number of carbonyl (C=O) groups is 1. The van der Waals surface area contributed by atoms with Gasteiger partial charge in [0.2, 0.25) is 0 Å². The zero-order chi connectivity index (χ0) is 23.5. The number of carbonyl (C=O) groups excluding carboxylic acids is 1. The van der Waals surface area contributed by atoms with E-state index in [9.17, 15) is 23.1 Å². The van der Waals surface area contributed by atoms with Crippen LogP contribution in [0.5, 0.6) is 5.75 Å². The smallest absolute Gasteiger partial charge is 0.416 e. The maximum absolute atomic E-state index is 12.9. The number of alkyl halides is 3. The van der Waals surface area contributed by atoms with Crippen LogP contribution in [-0.4, -0.2) is 21.0 Å². The lowest BCUT2D eigenvalue weighted by atomic mass is 10.0. The first-order chi connectivity index (χ1) is 15.2. The molecule has 0 fully saturated rings. The van der Waals surface area contributed by atoms with Gasteiger partial charge in [0, 0.05) is 28.5 Å². The summed E-state index contributed by atoms with van der Waals surface area (Å²) in [4.78, 5) is 20.8. The third kappa shape index (κ3) is 5.00. The number of fused-ring (bicyclic) bond motifs is 1. The van der Waals surface area contributed by atoms with Crippen molar-refractivity contribution in [1.82, 2.24) is 9.97 Å². The summed E-state index contributed by atoms with van der Waals surface area (Å²) in [6.07, 6.45) is -1.40. The van der Waals surface area contributed by atoms with Gasteiger partial charge in [-0.15, -0.1) is 0 Å². The number of thiazole rings is 1. The molecule has 4 aromatic rings. The molecule has 0 aliphatic rings. The minimum Gasteiger partial charge on any atom is -0.506 e. The van der Waals surface area contributed by atoms with Gasteiger partial charge in [0.05, 0.1) is 21.3 Å². The van der Waals surface area contributed by atoms with E-state index in [2.05, 4.69) is 15.3 Å². The average molecular weight is 480 g/mol. The van der Waals surface area contributed by atoms with E-state index in [1.165, 1.54) is 24.4 Å². The molecule has 4 rings (SSSR count). The van der Waals surface area contributed by atoms with E-state index < -0.39 is 17.6 Å². The summed E-state index contributed by atoms with van der Waals surface area (Å²) < 4.78 is 38.9. The number of phenolic OH excluding ortho intramolecular Hbond substituents is 1. The van der Waals surface area contributed by atoms with E-state index >= 15 is 0 Å². The molecule has 0 atom stereocenters. The molecule has 0 spiro atoms. The zero-order valence-electron chi connectivity index (χ0n) is 16.9. The lowest BCUT2D eigenvalue weighted by Gasteiger charge is -2.10. The molecule has 0 saturated carbocycles. The highest BCUT2D eigenvalue weighted by atomic mass is 35.5. The minimum absolute atomic E-state index is 0.0941. The molecule has 0 saturated heterocycles. The van der Waals surface area contributed by atoms with Crippen LogP contribution in [0.4, 0.5) is 18.3 Å². The molecule has 5 nitrogen and oxygen atoms in total. The number of pyridine rings is 1. The number of hydrogen-bond acceptors (Lipinski definition) is 5. The van der Waals surface area contributed by atoms with Crippen LogP contribution < -0.4 is 5.32 Å². The van der Waals surface area contributed by atoms with Crippen molar-refractivity contribution in [3.8, 4) is 16.9 Å². The normalized spacial score (nSPS) is 11.1. The molecule has 2 aromatic carbocycles. The predicted molar refractivity (Wildman–Crippen MR) is 120 cm³/mol. The Balaban J connectivity index is 0.00000141. The Kier molecular flexibility index (Phi) is 7.00. The third-order valence-electron chi connectivity index (χ3n) is 4.23. The number of aromatic nitrogens is 2. The Morgan fingerprint density at radius 1 is 1.16 bits per heavy atom. The quantitative estimate of drug-likeness (QED) is 0.331. The maximum atomic E-state index is 12.9. The number of halogens is 4. The summed E-state index contributed by atoms with van der Waals surface area (Å²) >= 11 is 7.01. The topological polar surface area (TPSA) is 75.1 Å². The summed E-state index contributed by atoms with van der Waals surface area (Å²) in [6, 6.07) is 9.30. The number of hydrogen-bond donors (Lipinski definition) is 2. The van der Waals surface area contributed by atoms with Crippen LogP contribution in [0.3, 0.4) is 0 Å². The summed E-state index contributed by atoms with van der Waals surface area (Å²) in [5, 5.41) is 13.4. The number of anilines is 1. The maximum Gasteiger partial charge on any atom is 0.416 e. The summed E-state index contributed by atoms with van der Waals surface area (Å²) in [6.45, 7) is 4.00. The van der Waals surface area contributed by atoms with Crippen molar-refractivity contribution in [3.63, 3.8) is 0 Å². The van der Waals surface area contributed by atoms with Crippen molar-refractivity contribution < 1.29 is 23.1 Å². The third-order valence-corrected chi connectivity index (χ3v) is 5.38. The number of nitrogens with one attached hydrogen (secondary N) is 1. The van der Waals surface area contributed by atoms with Crippen LogP contribution in [-0.2, 0) is 6.18 Å². The molecular formula is C22H17ClF3N3O2S. The lowest BCUT2D eigenvalue weighted by Crippen LogP contribution is -2.12. The SMILES string of the molecule is CC.O=C(Nc1nc2ccc(C(F)(F)F)cc2s1)c1cc(Cl)cc(-c2cccnc2)c1O. The number of amides is 1. The Hall–Kier alpha value is -3.17. The molecule has 0 bridgehead atoms. The Labute approximate surface area is 190 Å². The van der Waals surface area contributed by atoms with Crippen LogP contribution >= 0.6 is 22.9 Å². The van der Waals surface area contributed by atoms with E-state index in [-0.39, 0.29) is 26.2 Å². The van der Waals surface area contributed by atoms with Crippen molar-refractivity contribution >= 4 is 44.2 Å². The largest absolute Gasteiger partial charge is 0.506 e. The van der Waals surface area contributed by atoms with Gasteiger partial charge >= 0.3 is 6.18 Å². The first-order valence-corrected chi connectivity index (χ1v) is 10.6. The second-order valence-corrected chi connectivity index (χ2v) is 7.71. The molecule has 2 heterocycles. The van der Waals surface area contributed by atoms with Crippen molar-refractivity contribution in [3.05, 3.63) is 71.0 Å². The van der Waals surface area contributed by atoms with Gasteiger partial charge in [0.15, 0.2) is 5.13 Å². The molecule has 166 valence electrons. The summed E-state index contributed by atoms with van der Waals surface area (Å²) in [5.41, 5.74) is 0.294. The highest BCUT2D eigenvalue weighted by molar-refractivity contribution is 7.22. The second-order valence-electron chi connectivity index (χ2n) is 6.24. The van der Waals surface area contributed by atoms with Crippen LogP contribution in [0.1, 0.15) is 29.8 Å². The molecule has 2 aromatic heterocycles. The van der Waals surface area contributed by atoms with Gasteiger partial charge in [-0.25, -0.2) is 4.98 Å². The van der Waals surface area contributed by atoms with Gasteiger partial charge in [-0.3, -0.25) is 15.1 Å². The predicted octanol–water partition coefficient (Wildman–Crippen LogP) is 7.01. The molecule has 0 unspecified atom stereocenters. The molecule has 32 heavy (non-hydrogen) atoms. The van der Waals surface area contributed by atoms with Gasteiger partial charge < -0.3 is 5.11 Å². The average Bonchev–Trinajstić information content (AvgIpc) is 3.18. The molecule has 0 aliphatic carbocycles. The van der Waals surface area contributed by atoms with E-state index in [0.717, 1.165) is 23.5 Å². The van der Waals surface area contributed by atoms with Crippen LogP contribution in [0.25, 0.3) is 21.3 Å². The van der Waals surface area contributed by atoms with E-state index in [1.54, 1.807) is 18.3 Å². The molecule has 0 aliphatic heterocycles. The highest BCUT2D eigenvalue weighted by Crippen LogP contribution is 2.37. The van der Waals surface area contributed by atoms with Gasteiger partial charge in [-0.1, -0.05) is 42.9 Å².